The maximum Gasteiger partial charge on any atom is 0.259 e. The molecule has 0 unspecified atom stereocenters. The molecule has 1 saturated carbocycles. The van der Waals surface area contributed by atoms with Gasteiger partial charge in [0, 0.05) is 40.5 Å². The Labute approximate surface area is 227 Å². The summed E-state index contributed by atoms with van der Waals surface area (Å²) in [7, 11) is -2.27. The number of aromatic nitrogens is 3. The fraction of sp³-hybridized carbons (Fsp3) is 0.321. The Kier molecular flexibility index (Phi) is 7.48. The number of nitrogens with one attached hydrogen (secondary N) is 1. The highest BCUT2D eigenvalue weighted by Crippen LogP contribution is 2.49. The number of rotatable bonds is 6. The van der Waals surface area contributed by atoms with Crippen molar-refractivity contribution in [1.82, 2.24) is 14.5 Å². The van der Waals surface area contributed by atoms with Crippen LogP contribution in [0.2, 0.25) is 0 Å². The summed E-state index contributed by atoms with van der Waals surface area (Å²) in [6, 6.07) is 10.2. The van der Waals surface area contributed by atoms with Crippen LogP contribution >= 0.6 is 10.8 Å². The van der Waals surface area contributed by atoms with E-state index in [2.05, 4.69) is 14.7 Å². The van der Waals surface area contributed by atoms with Crippen molar-refractivity contribution in [3.05, 3.63) is 70.5 Å². The van der Waals surface area contributed by atoms with Gasteiger partial charge in [-0.05, 0) is 50.1 Å². The van der Waals surface area contributed by atoms with Crippen LogP contribution in [0.3, 0.4) is 0 Å². The predicted molar refractivity (Wildman–Crippen MR) is 153 cm³/mol. The molecule has 11 heteroatoms. The lowest BCUT2D eigenvalue weighted by molar-refractivity contribution is 0.400. The van der Waals surface area contributed by atoms with Gasteiger partial charge in [0.25, 0.3) is 5.56 Å². The van der Waals surface area contributed by atoms with E-state index in [9.17, 15) is 18.3 Å². The van der Waals surface area contributed by atoms with Crippen molar-refractivity contribution >= 4 is 33.2 Å². The van der Waals surface area contributed by atoms with Gasteiger partial charge in [0.05, 0.1) is 17.5 Å². The van der Waals surface area contributed by atoms with Crippen molar-refractivity contribution in [2.75, 3.05) is 17.6 Å². The number of nitrogen functional groups attached to an aromatic ring is 1. The van der Waals surface area contributed by atoms with Gasteiger partial charge in [0.2, 0.25) is 5.88 Å². The maximum absolute atomic E-state index is 14.1. The highest BCUT2D eigenvalue weighted by atomic mass is 32.3. The first-order chi connectivity index (χ1) is 18.7. The average Bonchev–Trinajstić information content (AvgIpc) is 3.17. The van der Waals surface area contributed by atoms with Gasteiger partial charge in [-0.25, -0.2) is 14.4 Å². The molecule has 5 rings (SSSR count). The monoisotopic (exact) mass is 553 g/mol. The Hall–Kier alpha value is -3.67. The van der Waals surface area contributed by atoms with E-state index in [0.717, 1.165) is 55.5 Å². The van der Waals surface area contributed by atoms with E-state index in [1.54, 1.807) is 18.2 Å². The van der Waals surface area contributed by atoms with Crippen LogP contribution in [0.15, 0.2) is 58.4 Å². The van der Waals surface area contributed by atoms with Crippen molar-refractivity contribution in [2.45, 2.75) is 56.4 Å². The van der Waals surface area contributed by atoms with E-state index >= 15 is 0 Å². The molecule has 5 N–H and O–H groups in total. The van der Waals surface area contributed by atoms with E-state index < -0.39 is 16.6 Å². The predicted octanol–water partition coefficient (Wildman–Crippen LogP) is 6.53. The smallest absolute Gasteiger partial charge is 0.259 e. The van der Waals surface area contributed by atoms with E-state index in [4.69, 9.17) is 10.5 Å². The zero-order valence-electron chi connectivity index (χ0n) is 21.9. The fourth-order valence-corrected chi connectivity index (χ4v) is 6.41. The minimum absolute atomic E-state index is 0.0207. The number of nitrogens with two attached hydrogens (primary N) is 1. The topological polar surface area (TPSA) is 136 Å². The van der Waals surface area contributed by atoms with Gasteiger partial charge in [0.15, 0.2) is 0 Å². The number of ether oxygens (including phenoxy) is 1. The Morgan fingerprint density at radius 2 is 1.87 bits per heavy atom. The summed E-state index contributed by atoms with van der Waals surface area (Å²) in [4.78, 5) is 22.8. The Bertz CT molecular complexity index is 1580. The van der Waals surface area contributed by atoms with Gasteiger partial charge in [-0.2, -0.15) is 0 Å². The largest absolute Gasteiger partial charge is 0.479 e. The third-order valence-corrected chi connectivity index (χ3v) is 8.58. The highest BCUT2D eigenvalue weighted by Gasteiger charge is 2.24. The van der Waals surface area contributed by atoms with Gasteiger partial charge in [-0.15, -0.1) is 0 Å². The summed E-state index contributed by atoms with van der Waals surface area (Å²) in [6.45, 7) is 1.86. The molecule has 1 fully saturated rings. The van der Waals surface area contributed by atoms with Crippen LogP contribution in [-0.2, 0) is 0 Å². The Morgan fingerprint density at radius 3 is 2.56 bits per heavy atom. The molecule has 0 radical (unpaired) electrons. The van der Waals surface area contributed by atoms with E-state index in [-0.39, 0.29) is 28.1 Å². The minimum atomic E-state index is -3.67. The number of aryl methyl sites for hydroxylation is 1. The standard InChI is InChI=1S/C28H32FN5O4S/c1-17-22-14-23(28(35)34(25(22)15-26(30)32-17)20-9-5-3-4-6-10-20)18-12-24(27(38-2)31-16-18)33-39(36,37)21-11-7-8-19(29)13-21/h7-8,11-16,20,33,36-37H,3-6,9-10H2,1-2H3,(H2,30,32). The first-order valence-corrected chi connectivity index (χ1v) is 14.4. The quantitative estimate of drug-likeness (QED) is 0.198. The highest BCUT2D eigenvalue weighted by molar-refractivity contribution is 8.25. The van der Waals surface area contributed by atoms with E-state index in [1.807, 2.05) is 11.5 Å². The molecule has 1 aliphatic rings. The number of halogens is 1. The molecule has 9 nitrogen and oxygen atoms in total. The van der Waals surface area contributed by atoms with Crippen LogP contribution in [0.4, 0.5) is 15.9 Å². The van der Waals surface area contributed by atoms with Gasteiger partial charge in [-0.1, -0.05) is 42.5 Å². The summed E-state index contributed by atoms with van der Waals surface area (Å²) in [5.41, 5.74) is 8.35. The zero-order valence-corrected chi connectivity index (χ0v) is 22.7. The van der Waals surface area contributed by atoms with Crippen molar-refractivity contribution in [1.29, 1.82) is 0 Å². The fourth-order valence-electron chi connectivity index (χ4n) is 5.29. The van der Waals surface area contributed by atoms with Gasteiger partial charge in [0.1, 0.15) is 17.3 Å². The number of fused-ring (bicyclic) bond motifs is 1. The second kappa shape index (κ2) is 10.8. The molecule has 0 atom stereocenters. The first-order valence-electron chi connectivity index (χ1n) is 12.9. The Balaban J connectivity index is 1.66. The second-order valence-corrected chi connectivity index (χ2v) is 11.6. The first kappa shape index (κ1) is 26.9. The molecule has 206 valence electrons. The van der Waals surface area contributed by atoms with E-state index in [1.165, 1.54) is 31.5 Å². The summed E-state index contributed by atoms with van der Waals surface area (Å²) in [6.07, 6.45) is 7.65. The summed E-state index contributed by atoms with van der Waals surface area (Å²) >= 11 is 0. The minimum Gasteiger partial charge on any atom is -0.479 e. The van der Waals surface area contributed by atoms with Crippen LogP contribution in [0.25, 0.3) is 22.0 Å². The lowest BCUT2D eigenvalue weighted by atomic mass is 10.0. The molecule has 3 aromatic heterocycles. The lowest BCUT2D eigenvalue weighted by Gasteiger charge is -2.34. The molecule has 3 heterocycles. The molecule has 0 saturated heterocycles. The molecule has 0 spiro atoms. The molecular formula is C28H32FN5O4S. The molecule has 39 heavy (non-hydrogen) atoms. The molecule has 4 aromatic rings. The van der Waals surface area contributed by atoms with Gasteiger partial charge in [-0.3, -0.25) is 18.6 Å². The zero-order chi connectivity index (χ0) is 27.7. The number of benzene rings is 1. The lowest BCUT2D eigenvalue weighted by Crippen LogP contribution is -2.27. The van der Waals surface area contributed by atoms with Crippen molar-refractivity contribution in [3.63, 3.8) is 0 Å². The molecule has 1 aliphatic carbocycles. The number of hydrogen-bond donors (Lipinski definition) is 4. The molecular weight excluding hydrogens is 521 g/mol. The van der Waals surface area contributed by atoms with E-state index in [0.29, 0.717) is 22.6 Å². The summed E-state index contributed by atoms with van der Waals surface area (Å²) in [5.74, 6) is -0.159. The summed E-state index contributed by atoms with van der Waals surface area (Å²) < 4.78 is 45.3. The van der Waals surface area contributed by atoms with Crippen molar-refractivity contribution in [2.24, 2.45) is 0 Å². The van der Waals surface area contributed by atoms with Gasteiger partial charge >= 0.3 is 0 Å². The normalized spacial score (nSPS) is 15.2. The van der Waals surface area contributed by atoms with Gasteiger partial charge < -0.3 is 15.0 Å². The second-order valence-electron chi connectivity index (χ2n) is 9.83. The van der Waals surface area contributed by atoms with Crippen molar-refractivity contribution < 1.29 is 18.2 Å². The van der Waals surface area contributed by atoms with Crippen LogP contribution < -0.4 is 20.8 Å². The number of methoxy groups -OCH3 is 1. The molecule has 1 aromatic carbocycles. The third kappa shape index (κ3) is 5.42. The SMILES string of the molecule is COc1ncc(-c2cc3c(C)nc(N)cc3n(C3CCCCCC3)c2=O)cc1NS(O)(O)c1cccc(F)c1. The molecule has 0 amide bonds. The van der Waals surface area contributed by atoms with Crippen molar-refractivity contribution in [3.8, 4) is 17.0 Å². The Morgan fingerprint density at radius 1 is 1.13 bits per heavy atom. The van der Waals surface area contributed by atoms with Crippen LogP contribution in [0, 0.1) is 12.7 Å². The van der Waals surface area contributed by atoms with Crippen LogP contribution in [-0.4, -0.2) is 30.8 Å². The number of anilines is 2. The number of nitrogens with zero attached hydrogens (tertiary/aromatic N) is 3. The average molecular weight is 554 g/mol. The molecule has 0 bridgehead atoms. The number of hydrogen-bond acceptors (Lipinski definition) is 8. The van der Waals surface area contributed by atoms with Crippen LogP contribution in [0.1, 0.15) is 50.3 Å². The van der Waals surface area contributed by atoms with Crippen LogP contribution in [0.5, 0.6) is 5.88 Å². The number of pyridine rings is 3. The molecule has 0 aliphatic heterocycles. The third-order valence-electron chi connectivity index (χ3n) is 7.17. The maximum atomic E-state index is 14.1. The summed E-state index contributed by atoms with van der Waals surface area (Å²) in [5, 5.41) is 0.803.